The molecule has 8 atom stereocenters. The van der Waals surface area contributed by atoms with Gasteiger partial charge in [0.15, 0.2) is 12.4 Å². The monoisotopic (exact) mass is 1010 g/mol. The van der Waals surface area contributed by atoms with E-state index in [4.69, 9.17) is 14.2 Å². The Kier molecular flexibility index (Phi) is 44.1. The van der Waals surface area contributed by atoms with E-state index in [-0.39, 0.29) is 19.4 Å². The molecule has 8 unspecified atom stereocenters. The maximum Gasteiger partial charge on any atom is 0.306 e. The molecule has 0 bridgehead atoms. The van der Waals surface area contributed by atoms with Gasteiger partial charge in [0.05, 0.1) is 25.4 Å². The molecule has 72 heavy (non-hydrogen) atoms. The van der Waals surface area contributed by atoms with Crippen LogP contribution in [0.5, 0.6) is 0 Å². The molecular weight excluding hydrogens is 907 g/mol. The molecule has 1 heterocycles. The maximum atomic E-state index is 13.4. The van der Waals surface area contributed by atoms with E-state index in [2.05, 4.69) is 86.8 Å². The number of esters is 1. The third kappa shape index (κ3) is 36.1. The first-order valence-electron chi connectivity index (χ1n) is 27.9. The van der Waals surface area contributed by atoms with Crippen LogP contribution in [-0.2, 0) is 23.8 Å². The number of unbranched alkanes of at least 4 members (excludes halogenated alkanes) is 15. The van der Waals surface area contributed by atoms with E-state index in [9.17, 15) is 35.1 Å². The third-order valence-electron chi connectivity index (χ3n) is 12.2. The third-order valence-corrected chi connectivity index (χ3v) is 12.2. The summed E-state index contributed by atoms with van der Waals surface area (Å²) in [6, 6.07) is -1.06. The van der Waals surface area contributed by atoms with Crippen LogP contribution in [0.15, 0.2) is 122 Å². The number of carbonyl (C=O) groups is 2. The number of aliphatic hydroxyl groups is 5. The summed E-state index contributed by atoms with van der Waals surface area (Å²) in [6.45, 7) is 5.45. The average molecular weight is 1010 g/mol. The van der Waals surface area contributed by atoms with Crippen LogP contribution in [0.25, 0.3) is 0 Å². The predicted molar refractivity (Wildman–Crippen MR) is 296 cm³/mol. The molecule has 1 amide bonds. The second-order valence-electron chi connectivity index (χ2n) is 18.6. The lowest BCUT2D eigenvalue weighted by Crippen LogP contribution is -2.61. The fourth-order valence-corrected chi connectivity index (χ4v) is 7.81. The molecule has 0 spiro atoms. The Hall–Kier alpha value is -3.94. The molecule has 1 aliphatic heterocycles. The number of hydrogen-bond acceptors (Lipinski definition) is 10. The molecule has 0 saturated carbocycles. The summed E-state index contributed by atoms with van der Waals surface area (Å²) in [4.78, 5) is 26.4. The summed E-state index contributed by atoms with van der Waals surface area (Å²) in [5.41, 5.74) is 0. The maximum absolute atomic E-state index is 13.4. The number of rotatable bonds is 44. The topological polar surface area (TPSA) is 175 Å². The molecule has 1 aliphatic rings. The number of hydrogen-bond donors (Lipinski definition) is 6. The zero-order valence-electron chi connectivity index (χ0n) is 44.7. The number of ether oxygens (including phenoxy) is 3. The summed E-state index contributed by atoms with van der Waals surface area (Å²) in [5, 5.41) is 56.7. The van der Waals surface area contributed by atoms with Crippen LogP contribution in [0.1, 0.15) is 188 Å². The van der Waals surface area contributed by atoms with E-state index in [0.29, 0.717) is 19.3 Å². The van der Waals surface area contributed by atoms with Gasteiger partial charge in [0.25, 0.3) is 0 Å². The van der Waals surface area contributed by atoms with Crippen LogP contribution in [-0.4, -0.2) is 99.6 Å². The standard InChI is InChI=1S/C61H99NO10/c1-4-7-10-13-16-19-22-25-27-28-29-31-34-37-40-43-46-49-56(66)72-59-58(68)57(67)55(50-63)71-61(59)70-51-52(53(64)47-44-41-38-35-32-24-21-18-15-12-9-6-3)62-60(69)54(65)48-45-42-39-36-33-30-26-23-20-17-14-11-8-5-2/h7-8,10-11,14,16-17,19-20,23,25-27,29-31,37,40,44,47,52-55,57-59,61,63-65,67-68H,4-6,9,12-13,15,18,21-22,24,28,32-36,38-39,41-43,45-46,48-51H2,1-3H3,(H,62,69)/b10-7-,11-8+,17-14+,19-16-,23-20+,27-25-,30-26-,31-29-,40-37-,47-44+. The van der Waals surface area contributed by atoms with Gasteiger partial charge in [0.1, 0.15) is 24.4 Å². The first kappa shape index (κ1) is 66.1. The van der Waals surface area contributed by atoms with Gasteiger partial charge in [-0.05, 0) is 83.5 Å². The van der Waals surface area contributed by atoms with E-state index >= 15 is 0 Å². The quantitative estimate of drug-likeness (QED) is 0.0149. The van der Waals surface area contributed by atoms with Crippen molar-refractivity contribution < 1.29 is 49.3 Å². The van der Waals surface area contributed by atoms with E-state index in [1.54, 1.807) is 6.08 Å². The normalized spacial score (nSPS) is 20.5. The molecular formula is C61H99NO10. The Morgan fingerprint density at radius 3 is 1.65 bits per heavy atom. The summed E-state index contributed by atoms with van der Waals surface area (Å²) in [7, 11) is 0. The van der Waals surface area contributed by atoms with Crippen LogP contribution >= 0.6 is 0 Å². The molecule has 0 aliphatic carbocycles. The minimum absolute atomic E-state index is 0.0349. The Labute approximate surface area is 436 Å². The minimum atomic E-state index is -1.65. The SMILES string of the molecule is CC/C=C\C/C=C\C/C=C\C/C=C\C/C=C\CCCC(=O)OC1C(OCC(NC(=O)C(O)CCCCCC\C=C/C=C/C=C/C=C/CC)C(O)/C=C/CCCCCCCCCCCC)OC(CO)C(O)C1O. The fourth-order valence-electron chi connectivity index (χ4n) is 7.81. The molecule has 6 N–H and O–H groups in total. The highest BCUT2D eigenvalue weighted by molar-refractivity contribution is 5.80. The second kappa shape index (κ2) is 48.0. The molecule has 0 aromatic heterocycles. The smallest absolute Gasteiger partial charge is 0.306 e. The fraction of sp³-hybridized carbons (Fsp3) is 0.639. The highest BCUT2D eigenvalue weighted by atomic mass is 16.7. The number of amides is 1. The summed E-state index contributed by atoms with van der Waals surface area (Å²) >= 11 is 0. The first-order valence-corrected chi connectivity index (χ1v) is 27.9. The molecule has 11 heteroatoms. The van der Waals surface area contributed by atoms with Crippen LogP contribution in [0, 0.1) is 0 Å². The Morgan fingerprint density at radius 1 is 0.569 bits per heavy atom. The Bertz CT molecular complexity index is 1630. The van der Waals surface area contributed by atoms with Crippen LogP contribution in [0.4, 0.5) is 0 Å². The lowest BCUT2D eigenvalue weighted by atomic mass is 9.99. The van der Waals surface area contributed by atoms with Gasteiger partial charge in [0.2, 0.25) is 5.91 Å². The number of allylic oxidation sites excluding steroid dienone is 19. The molecule has 0 radical (unpaired) electrons. The predicted octanol–water partition coefficient (Wildman–Crippen LogP) is 12.3. The van der Waals surface area contributed by atoms with Gasteiger partial charge in [-0.1, -0.05) is 219 Å². The number of nitrogens with one attached hydrogen (secondary N) is 1. The lowest BCUT2D eigenvalue weighted by molar-refractivity contribution is -0.305. The molecule has 0 aromatic carbocycles. The summed E-state index contributed by atoms with van der Waals surface area (Å²) in [5.74, 6) is -1.29. The lowest BCUT2D eigenvalue weighted by Gasteiger charge is -2.41. The highest BCUT2D eigenvalue weighted by Gasteiger charge is 2.47. The molecule has 1 saturated heterocycles. The van der Waals surface area contributed by atoms with Crippen molar-refractivity contribution in [3.8, 4) is 0 Å². The van der Waals surface area contributed by atoms with Crippen molar-refractivity contribution in [3.63, 3.8) is 0 Å². The first-order chi connectivity index (χ1) is 35.2. The van der Waals surface area contributed by atoms with Crippen molar-refractivity contribution in [2.75, 3.05) is 13.2 Å². The van der Waals surface area contributed by atoms with Crippen molar-refractivity contribution in [3.05, 3.63) is 122 Å². The van der Waals surface area contributed by atoms with Gasteiger partial charge >= 0.3 is 5.97 Å². The van der Waals surface area contributed by atoms with Crippen molar-refractivity contribution in [1.82, 2.24) is 5.32 Å². The Morgan fingerprint density at radius 2 is 1.07 bits per heavy atom. The molecule has 0 aromatic rings. The van der Waals surface area contributed by atoms with Crippen LogP contribution in [0.2, 0.25) is 0 Å². The van der Waals surface area contributed by atoms with E-state index in [1.807, 2.05) is 54.7 Å². The number of aliphatic hydroxyl groups excluding tert-OH is 5. The zero-order valence-corrected chi connectivity index (χ0v) is 44.7. The van der Waals surface area contributed by atoms with Crippen molar-refractivity contribution >= 4 is 11.9 Å². The number of carbonyl (C=O) groups excluding carboxylic acids is 2. The van der Waals surface area contributed by atoms with Gasteiger partial charge in [-0.15, -0.1) is 0 Å². The van der Waals surface area contributed by atoms with Crippen LogP contribution < -0.4 is 5.32 Å². The van der Waals surface area contributed by atoms with E-state index in [0.717, 1.165) is 89.9 Å². The molecule has 11 nitrogen and oxygen atoms in total. The molecule has 1 fully saturated rings. The minimum Gasteiger partial charge on any atom is -0.454 e. The molecule has 1 rings (SSSR count). The Balaban J connectivity index is 2.81. The summed E-state index contributed by atoms with van der Waals surface area (Å²) < 4.78 is 17.5. The molecule has 408 valence electrons. The average Bonchev–Trinajstić information content (AvgIpc) is 3.38. The largest absolute Gasteiger partial charge is 0.454 e. The van der Waals surface area contributed by atoms with Gasteiger partial charge in [-0.3, -0.25) is 9.59 Å². The van der Waals surface area contributed by atoms with Gasteiger partial charge in [-0.2, -0.15) is 0 Å². The summed E-state index contributed by atoms with van der Waals surface area (Å²) in [6.07, 6.45) is 55.3. The van der Waals surface area contributed by atoms with Crippen molar-refractivity contribution in [1.29, 1.82) is 0 Å². The van der Waals surface area contributed by atoms with Crippen molar-refractivity contribution in [2.24, 2.45) is 0 Å². The highest BCUT2D eigenvalue weighted by Crippen LogP contribution is 2.26. The van der Waals surface area contributed by atoms with E-state index in [1.165, 1.54) is 44.9 Å². The van der Waals surface area contributed by atoms with E-state index < -0.39 is 67.4 Å². The van der Waals surface area contributed by atoms with Gasteiger partial charge in [-0.25, -0.2) is 0 Å². The van der Waals surface area contributed by atoms with Crippen molar-refractivity contribution in [2.45, 2.75) is 237 Å². The zero-order chi connectivity index (χ0) is 52.5. The van der Waals surface area contributed by atoms with Gasteiger partial charge in [0, 0.05) is 6.42 Å². The second-order valence-corrected chi connectivity index (χ2v) is 18.6. The van der Waals surface area contributed by atoms with Gasteiger partial charge < -0.3 is 45.1 Å². The van der Waals surface area contributed by atoms with Crippen LogP contribution in [0.3, 0.4) is 0 Å².